The topological polar surface area (TPSA) is 56.1 Å². The smallest absolute Gasteiger partial charge is 0.130 e. The van der Waals surface area contributed by atoms with Crippen LogP contribution in [0.1, 0.15) is 45.2 Å². The fraction of sp³-hybridized carbons (Fsp3) is 0.381. The first-order chi connectivity index (χ1) is 11.7. The first kappa shape index (κ1) is 17.8. The number of benzene rings is 2. The molecule has 0 saturated carbocycles. The van der Waals surface area contributed by atoms with Gasteiger partial charge in [0, 0.05) is 12.1 Å². The average molecular weight is 338 g/mol. The van der Waals surface area contributed by atoms with Gasteiger partial charge < -0.3 is 10.3 Å². The molecule has 25 heavy (non-hydrogen) atoms. The lowest BCUT2D eigenvalue weighted by Crippen LogP contribution is -2.51. The Bertz CT molecular complexity index is 727. The number of hydroxylamine groups is 2. The predicted molar refractivity (Wildman–Crippen MR) is 99.7 cm³/mol. The van der Waals surface area contributed by atoms with Gasteiger partial charge in [0.2, 0.25) is 0 Å². The molecule has 0 spiro atoms. The van der Waals surface area contributed by atoms with Crippen LogP contribution in [0.15, 0.2) is 65.7 Å². The van der Waals surface area contributed by atoms with Crippen molar-refractivity contribution < 1.29 is 10.3 Å². The highest BCUT2D eigenvalue weighted by Gasteiger charge is 2.49. The molecule has 0 bridgehead atoms. The van der Waals surface area contributed by atoms with E-state index in [1.165, 1.54) is 5.06 Å². The average Bonchev–Trinajstić information content (AvgIpc) is 2.76. The highest BCUT2D eigenvalue weighted by Crippen LogP contribution is 2.40. The summed E-state index contributed by atoms with van der Waals surface area (Å²) in [7, 11) is 0. The molecule has 3 rings (SSSR count). The van der Waals surface area contributed by atoms with Crippen LogP contribution in [0.25, 0.3) is 0 Å². The van der Waals surface area contributed by atoms with Crippen LogP contribution in [-0.4, -0.2) is 32.3 Å². The summed E-state index contributed by atoms with van der Waals surface area (Å²) in [6, 6.07) is 19.3. The maximum atomic E-state index is 11.7. The van der Waals surface area contributed by atoms with E-state index in [0.29, 0.717) is 6.42 Å². The Morgan fingerprint density at radius 2 is 1.32 bits per heavy atom. The third kappa shape index (κ3) is 3.01. The molecule has 1 aliphatic rings. The van der Waals surface area contributed by atoms with E-state index in [2.05, 4.69) is 0 Å². The van der Waals surface area contributed by atoms with Crippen LogP contribution >= 0.6 is 0 Å². The van der Waals surface area contributed by atoms with Crippen molar-refractivity contribution in [1.82, 2.24) is 5.06 Å². The molecule has 2 aromatic rings. The molecular weight excluding hydrogens is 312 g/mol. The molecule has 0 atom stereocenters. The Labute approximate surface area is 149 Å². The molecule has 1 aliphatic heterocycles. The zero-order chi connectivity index (χ0) is 18.3. The zero-order valence-corrected chi connectivity index (χ0v) is 15.3. The van der Waals surface area contributed by atoms with E-state index in [0.717, 1.165) is 16.8 Å². The third-order valence-corrected chi connectivity index (χ3v) is 5.09. The molecule has 4 nitrogen and oxygen atoms in total. The minimum atomic E-state index is -1.21. The van der Waals surface area contributed by atoms with Gasteiger partial charge in [0.25, 0.3) is 0 Å². The van der Waals surface area contributed by atoms with Gasteiger partial charge >= 0.3 is 0 Å². The van der Waals surface area contributed by atoms with Gasteiger partial charge in [-0.1, -0.05) is 60.7 Å². The van der Waals surface area contributed by atoms with E-state index in [1.54, 1.807) is 0 Å². The first-order valence-corrected chi connectivity index (χ1v) is 8.60. The molecular formula is C21H26N2O2. The minimum absolute atomic E-state index is 0.314. The molecule has 0 saturated heterocycles. The standard InChI is InChI=1S/C21H26N2O2/c1-19(2)18(22-20(3,4)23(19)25)15-21(24,16-11-7-5-8-12-16)17-13-9-6-10-14-17/h5-14,24-25H,15H2,1-4H3. The van der Waals surface area contributed by atoms with Crippen LogP contribution in [0.5, 0.6) is 0 Å². The van der Waals surface area contributed by atoms with Gasteiger partial charge in [-0.05, 0) is 38.8 Å². The summed E-state index contributed by atoms with van der Waals surface area (Å²) in [5.41, 5.74) is -0.174. The summed E-state index contributed by atoms with van der Waals surface area (Å²) in [4.78, 5) is 4.72. The molecule has 1 heterocycles. The molecule has 0 amide bonds. The van der Waals surface area contributed by atoms with Crippen molar-refractivity contribution in [1.29, 1.82) is 0 Å². The van der Waals surface area contributed by atoms with Crippen molar-refractivity contribution >= 4 is 5.71 Å². The van der Waals surface area contributed by atoms with Crippen molar-refractivity contribution in [2.75, 3.05) is 0 Å². The summed E-state index contributed by atoms with van der Waals surface area (Å²) in [5.74, 6) is 0. The maximum absolute atomic E-state index is 11.7. The fourth-order valence-corrected chi connectivity index (χ4v) is 3.62. The summed E-state index contributed by atoms with van der Waals surface area (Å²) < 4.78 is 0. The van der Waals surface area contributed by atoms with Gasteiger partial charge in [-0.15, -0.1) is 0 Å². The molecule has 0 fully saturated rings. The number of aliphatic hydroxyl groups is 1. The molecule has 132 valence electrons. The molecule has 2 N–H and O–H groups in total. The highest BCUT2D eigenvalue weighted by atomic mass is 16.5. The molecule has 4 heteroatoms. The highest BCUT2D eigenvalue weighted by molar-refractivity contribution is 5.95. The summed E-state index contributed by atoms with van der Waals surface area (Å²) in [6.07, 6.45) is 0.314. The molecule has 0 radical (unpaired) electrons. The number of aliphatic imine (C=N–C) groups is 1. The van der Waals surface area contributed by atoms with Crippen molar-refractivity contribution in [3.05, 3.63) is 71.8 Å². The van der Waals surface area contributed by atoms with Gasteiger partial charge in [0.05, 0.1) is 5.54 Å². The Balaban J connectivity index is 2.09. The van der Waals surface area contributed by atoms with Gasteiger partial charge in [0.15, 0.2) is 0 Å². The Kier molecular flexibility index (Phi) is 4.31. The van der Waals surface area contributed by atoms with Crippen molar-refractivity contribution in [2.24, 2.45) is 4.99 Å². The van der Waals surface area contributed by atoms with Crippen LogP contribution in [0.4, 0.5) is 0 Å². The summed E-state index contributed by atoms with van der Waals surface area (Å²) >= 11 is 0. The maximum Gasteiger partial charge on any atom is 0.130 e. The van der Waals surface area contributed by atoms with Gasteiger partial charge in [-0.25, -0.2) is 0 Å². The monoisotopic (exact) mass is 338 g/mol. The first-order valence-electron chi connectivity index (χ1n) is 8.60. The van der Waals surface area contributed by atoms with Crippen LogP contribution in [-0.2, 0) is 5.60 Å². The lowest BCUT2D eigenvalue weighted by Gasteiger charge is -2.36. The number of hydrogen-bond acceptors (Lipinski definition) is 4. The minimum Gasteiger partial charge on any atom is -0.380 e. The van der Waals surface area contributed by atoms with E-state index in [9.17, 15) is 10.3 Å². The lowest BCUT2D eigenvalue weighted by molar-refractivity contribution is -0.188. The second kappa shape index (κ2) is 6.06. The Morgan fingerprint density at radius 3 is 1.68 bits per heavy atom. The van der Waals surface area contributed by atoms with E-state index in [4.69, 9.17) is 4.99 Å². The Morgan fingerprint density at radius 1 is 0.880 bits per heavy atom. The number of nitrogens with zero attached hydrogens (tertiary/aromatic N) is 2. The van der Waals surface area contributed by atoms with Gasteiger partial charge in [-0.2, -0.15) is 5.06 Å². The second-order valence-electron chi connectivity index (χ2n) is 7.69. The second-order valence-corrected chi connectivity index (χ2v) is 7.69. The number of rotatable bonds is 4. The summed E-state index contributed by atoms with van der Waals surface area (Å²) in [5, 5.41) is 23.5. The quantitative estimate of drug-likeness (QED) is 0.887. The largest absolute Gasteiger partial charge is 0.380 e. The van der Waals surface area contributed by atoms with Crippen LogP contribution in [0.2, 0.25) is 0 Å². The molecule has 0 aliphatic carbocycles. The third-order valence-electron chi connectivity index (χ3n) is 5.09. The van der Waals surface area contributed by atoms with E-state index in [-0.39, 0.29) is 0 Å². The fourth-order valence-electron chi connectivity index (χ4n) is 3.62. The lowest BCUT2D eigenvalue weighted by atomic mass is 9.79. The van der Waals surface area contributed by atoms with Crippen molar-refractivity contribution in [3.63, 3.8) is 0 Å². The van der Waals surface area contributed by atoms with Gasteiger partial charge in [0.1, 0.15) is 11.3 Å². The normalized spacial score (nSPS) is 19.7. The molecule has 0 unspecified atom stereocenters. The van der Waals surface area contributed by atoms with Gasteiger partial charge in [-0.3, -0.25) is 4.99 Å². The van der Waals surface area contributed by atoms with Crippen LogP contribution < -0.4 is 0 Å². The van der Waals surface area contributed by atoms with E-state index in [1.807, 2.05) is 88.4 Å². The Hall–Kier alpha value is -2.01. The van der Waals surface area contributed by atoms with Crippen molar-refractivity contribution in [3.8, 4) is 0 Å². The van der Waals surface area contributed by atoms with E-state index >= 15 is 0 Å². The van der Waals surface area contributed by atoms with Crippen LogP contribution in [0.3, 0.4) is 0 Å². The predicted octanol–water partition coefficient (Wildman–Crippen LogP) is 3.97. The SMILES string of the molecule is CC1(C)N=C(CC(O)(c2ccccc2)c2ccccc2)C(C)(C)N1O. The van der Waals surface area contributed by atoms with Crippen molar-refractivity contribution in [2.45, 2.75) is 50.9 Å². The molecule has 2 aromatic carbocycles. The van der Waals surface area contributed by atoms with E-state index < -0.39 is 16.8 Å². The molecule has 0 aromatic heterocycles. The number of hydrogen-bond donors (Lipinski definition) is 2. The summed E-state index contributed by atoms with van der Waals surface area (Å²) in [6.45, 7) is 7.59. The van der Waals surface area contributed by atoms with Crippen LogP contribution in [0, 0.1) is 0 Å². The zero-order valence-electron chi connectivity index (χ0n) is 15.3.